The summed E-state index contributed by atoms with van der Waals surface area (Å²) in [5, 5.41) is 14.9. The summed E-state index contributed by atoms with van der Waals surface area (Å²) < 4.78 is 40.2. The van der Waals surface area contributed by atoms with Gasteiger partial charge in [-0.05, 0) is 13.3 Å². The molecule has 1 unspecified atom stereocenters. The van der Waals surface area contributed by atoms with Gasteiger partial charge in [-0.1, -0.05) is 0 Å². The number of aromatic nitrogens is 2. The molecule has 80 valence electrons. The minimum atomic E-state index is -4.60. The van der Waals surface area contributed by atoms with Gasteiger partial charge < -0.3 is 9.52 Å². The Bertz CT molecular complexity index is 295. The molecule has 0 aliphatic heterocycles. The van der Waals surface area contributed by atoms with Gasteiger partial charge in [0, 0.05) is 6.42 Å². The highest BCUT2D eigenvalue weighted by Crippen LogP contribution is 2.27. The Hall–Kier alpha value is -1.11. The molecule has 1 atom stereocenters. The molecule has 0 saturated carbocycles. The van der Waals surface area contributed by atoms with E-state index in [1.54, 1.807) is 0 Å². The number of aliphatic hydroxyl groups excluding tert-OH is 1. The molecule has 4 nitrogen and oxygen atoms in total. The average molecular weight is 210 g/mol. The van der Waals surface area contributed by atoms with Crippen LogP contribution in [0.1, 0.15) is 25.1 Å². The van der Waals surface area contributed by atoms with E-state index in [2.05, 4.69) is 14.6 Å². The maximum atomic E-state index is 12.0. The standard InChI is InChI=1S/C7H9F3N2O2/c1-4(13)2-3-5-11-12-6(14-5)7(8,9)10/h4,13H,2-3H2,1H3. The van der Waals surface area contributed by atoms with Crippen molar-refractivity contribution in [2.24, 2.45) is 0 Å². The summed E-state index contributed by atoms with van der Waals surface area (Å²) in [5.41, 5.74) is 0. The molecule has 1 aromatic heterocycles. The first kappa shape index (κ1) is 11.0. The summed E-state index contributed by atoms with van der Waals surface area (Å²) in [4.78, 5) is 0. The van der Waals surface area contributed by atoms with Gasteiger partial charge in [-0.25, -0.2) is 0 Å². The summed E-state index contributed by atoms with van der Waals surface area (Å²) in [6.07, 6.45) is -4.77. The van der Waals surface area contributed by atoms with Crippen molar-refractivity contribution in [2.45, 2.75) is 32.0 Å². The fourth-order valence-corrected chi connectivity index (χ4v) is 0.802. The predicted octanol–water partition coefficient (Wildman–Crippen LogP) is 1.40. The van der Waals surface area contributed by atoms with Crippen LogP contribution in [-0.2, 0) is 12.6 Å². The van der Waals surface area contributed by atoms with Crippen molar-refractivity contribution in [1.82, 2.24) is 10.2 Å². The molecule has 1 aromatic rings. The van der Waals surface area contributed by atoms with E-state index in [0.717, 1.165) is 0 Å². The van der Waals surface area contributed by atoms with Gasteiger partial charge in [0.25, 0.3) is 0 Å². The predicted molar refractivity (Wildman–Crippen MR) is 39.3 cm³/mol. The van der Waals surface area contributed by atoms with Crippen LogP contribution in [0.2, 0.25) is 0 Å². The van der Waals surface area contributed by atoms with Crippen LogP contribution in [0.3, 0.4) is 0 Å². The van der Waals surface area contributed by atoms with Gasteiger partial charge in [-0.2, -0.15) is 13.2 Å². The van der Waals surface area contributed by atoms with E-state index in [0.29, 0.717) is 6.42 Å². The number of aryl methyl sites for hydroxylation is 1. The van der Waals surface area contributed by atoms with Crippen LogP contribution in [0.25, 0.3) is 0 Å². The van der Waals surface area contributed by atoms with E-state index in [4.69, 9.17) is 5.11 Å². The summed E-state index contributed by atoms with van der Waals surface area (Å²) in [6, 6.07) is 0. The lowest BCUT2D eigenvalue weighted by Gasteiger charge is -1.99. The van der Waals surface area contributed by atoms with Gasteiger partial charge in [0.05, 0.1) is 6.10 Å². The molecule has 0 amide bonds. The molecule has 0 aromatic carbocycles. The van der Waals surface area contributed by atoms with E-state index in [1.165, 1.54) is 6.92 Å². The first-order valence-electron chi connectivity index (χ1n) is 3.97. The summed E-state index contributed by atoms with van der Waals surface area (Å²) in [6.45, 7) is 1.53. The third-order valence-corrected chi connectivity index (χ3v) is 1.49. The highest BCUT2D eigenvalue weighted by atomic mass is 19.4. The van der Waals surface area contributed by atoms with Crippen molar-refractivity contribution < 1.29 is 22.7 Å². The Morgan fingerprint density at radius 1 is 1.43 bits per heavy atom. The second-order valence-electron chi connectivity index (χ2n) is 2.89. The van der Waals surface area contributed by atoms with Crippen LogP contribution in [0.4, 0.5) is 13.2 Å². The fourth-order valence-electron chi connectivity index (χ4n) is 0.802. The van der Waals surface area contributed by atoms with Gasteiger partial charge in [-0.3, -0.25) is 0 Å². The lowest BCUT2D eigenvalue weighted by Crippen LogP contribution is -2.04. The number of alkyl halides is 3. The van der Waals surface area contributed by atoms with Crippen LogP contribution >= 0.6 is 0 Å². The van der Waals surface area contributed by atoms with Gasteiger partial charge in [0.15, 0.2) is 0 Å². The van der Waals surface area contributed by atoms with Crippen molar-refractivity contribution in [1.29, 1.82) is 0 Å². The second-order valence-corrected chi connectivity index (χ2v) is 2.89. The van der Waals surface area contributed by atoms with Crippen LogP contribution in [0.5, 0.6) is 0 Å². The van der Waals surface area contributed by atoms with E-state index < -0.39 is 18.2 Å². The Balaban J connectivity index is 2.60. The number of aliphatic hydroxyl groups is 1. The van der Waals surface area contributed by atoms with Gasteiger partial charge >= 0.3 is 12.1 Å². The summed E-state index contributed by atoms with van der Waals surface area (Å²) >= 11 is 0. The Kier molecular flexibility index (Phi) is 3.10. The second kappa shape index (κ2) is 3.95. The third-order valence-electron chi connectivity index (χ3n) is 1.49. The molecule has 1 heterocycles. The molecule has 0 spiro atoms. The Morgan fingerprint density at radius 2 is 2.07 bits per heavy atom. The maximum Gasteiger partial charge on any atom is 0.470 e. The van der Waals surface area contributed by atoms with E-state index in [1.807, 2.05) is 0 Å². The van der Waals surface area contributed by atoms with Crippen LogP contribution in [0, 0.1) is 0 Å². The number of hydrogen-bond donors (Lipinski definition) is 1. The Morgan fingerprint density at radius 3 is 2.50 bits per heavy atom. The van der Waals surface area contributed by atoms with Crippen molar-refractivity contribution in [3.05, 3.63) is 11.8 Å². The molecular formula is C7H9F3N2O2. The number of hydrogen-bond acceptors (Lipinski definition) is 4. The number of halogens is 3. The molecule has 0 saturated heterocycles. The average Bonchev–Trinajstić information content (AvgIpc) is 2.47. The van der Waals surface area contributed by atoms with E-state index >= 15 is 0 Å². The first-order chi connectivity index (χ1) is 6.39. The molecule has 14 heavy (non-hydrogen) atoms. The third kappa shape index (κ3) is 2.99. The summed E-state index contributed by atoms with van der Waals surface area (Å²) in [5.74, 6) is -1.46. The lowest BCUT2D eigenvalue weighted by molar-refractivity contribution is -0.157. The largest absolute Gasteiger partial charge is 0.470 e. The number of rotatable bonds is 3. The van der Waals surface area contributed by atoms with Crippen molar-refractivity contribution in [3.63, 3.8) is 0 Å². The zero-order chi connectivity index (χ0) is 10.8. The molecule has 7 heteroatoms. The topological polar surface area (TPSA) is 59.2 Å². The zero-order valence-corrected chi connectivity index (χ0v) is 7.38. The minimum Gasteiger partial charge on any atom is -0.417 e. The monoisotopic (exact) mass is 210 g/mol. The van der Waals surface area contributed by atoms with Crippen LogP contribution < -0.4 is 0 Å². The lowest BCUT2D eigenvalue weighted by atomic mass is 10.2. The molecule has 0 aliphatic rings. The molecule has 1 N–H and O–H groups in total. The highest BCUT2D eigenvalue weighted by molar-refractivity contribution is 4.86. The highest BCUT2D eigenvalue weighted by Gasteiger charge is 2.38. The molecule has 0 bridgehead atoms. The van der Waals surface area contributed by atoms with Crippen molar-refractivity contribution >= 4 is 0 Å². The van der Waals surface area contributed by atoms with E-state index in [9.17, 15) is 13.2 Å². The Labute approximate surface area is 77.7 Å². The normalized spacial score (nSPS) is 14.4. The van der Waals surface area contributed by atoms with Gasteiger partial charge in [-0.15, -0.1) is 10.2 Å². The molecular weight excluding hydrogens is 201 g/mol. The van der Waals surface area contributed by atoms with Gasteiger partial charge in [0.1, 0.15) is 0 Å². The minimum absolute atomic E-state index is 0.113. The van der Waals surface area contributed by atoms with Gasteiger partial charge in [0.2, 0.25) is 5.89 Å². The fraction of sp³-hybridized carbons (Fsp3) is 0.714. The molecule has 1 rings (SSSR count). The van der Waals surface area contributed by atoms with Crippen molar-refractivity contribution in [3.8, 4) is 0 Å². The van der Waals surface area contributed by atoms with Crippen LogP contribution in [-0.4, -0.2) is 21.4 Å². The maximum absolute atomic E-state index is 12.0. The first-order valence-corrected chi connectivity index (χ1v) is 3.97. The number of nitrogens with zero attached hydrogens (tertiary/aromatic N) is 2. The van der Waals surface area contributed by atoms with Crippen LogP contribution in [0.15, 0.2) is 4.42 Å². The van der Waals surface area contributed by atoms with E-state index in [-0.39, 0.29) is 12.3 Å². The SMILES string of the molecule is CC(O)CCc1nnc(C(F)(F)F)o1. The quantitative estimate of drug-likeness (QED) is 0.819. The summed E-state index contributed by atoms with van der Waals surface area (Å²) in [7, 11) is 0. The molecule has 0 aliphatic carbocycles. The zero-order valence-electron chi connectivity index (χ0n) is 7.38. The molecule has 0 fully saturated rings. The smallest absolute Gasteiger partial charge is 0.417 e. The molecule has 0 radical (unpaired) electrons. The van der Waals surface area contributed by atoms with Crippen molar-refractivity contribution in [2.75, 3.05) is 0 Å².